The lowest BCUT2D eigenvalue weighted by atomic mass is 10.2. The van der Waals surface area contributed by atoms with Crippen LogP contribution in [0.1, 0.15) is 19.8 Å². The Morgan fingerprint density at radius 1 is 1.44 bits per heavy atom. The summed E-state index contributed by atoms with van der Waals surface area (Å²) in [5, 5.41) is 13.9. The average Bonchev–Trinajstić information content (AvgIpc) is 2.35. The van der Waals surface area contributed by atoms with Crippen molar-refractivity contribution in [3.05, 3.63) is 31.9 Å². The minimum Gasteiger partial charge on any atom is -0.380 e. The number of nitro groups is 1. The van der Waals surface area contributed by atoms with Crippen LogP contribution < -0.4 is 5.32 Å². The van der Waals surface area contributed by atoms with Gasteiger partial charge in [0.15, 0.2) is 0 Å². The zero-order chi connectivity index (χ0) is 13.4. The van der Waals surface area contributed by atoms with Crippen molar-refractivity contribution in [2.24, 2.45) is 0 Å². The molecule has 0 aliphatic heterocycles. The van der Waals surface area contributed by atoms with Gasteiger partial charge in [-0.15, -0.1) is 0 Å². The smallest absolute Gasteiger partial charge is 0.293 e. The summed E-state index contributed by atoms with van der Waals surface area (Å²) in [6.07, 6.45) is 2.15. The summed E-state index contributed by atoms with van der Waals surface area (Å²) in [5.74, 6) is 0. The molecule has 0 radical (unpaired) electrons. The summed E-state index contributed by atoms with van der Waals surface area (Å²) >= 11 is 2.06. The Kier molecular flexibility index (Phi) is 6.96. The first-order valence-electron chi connectivity index (χ1n) is 5.90. The lowest BCUT2D eigenvalue weighted by Crippen LogP contribution is -2.11. The third-order valence-electron chi connectivity index (χ3n) is 2.36. The van der Waals surface area contributed by atoms with Crippen LogP contribution in [0.4, 0.5) is 11.4 Å². The number of hydrogen-bond acceptors (Lipinski definition) is 4. The number of anilines is 1. The van der Waals surface area contributed by atoms with Gasteiger partial charge in [-0.3, -0.25) is 10.1 Å². The van der Waals surface area contributed by atoms with E-state index in [2.05, 4.69) is 34.8 Å². The Hall–Kier alpha value is -0.890. The number of halogens is 1. The highest BCUT2D eigenvalue weighted by Gasteiger charge is 2.13. The van der Waals surface area contributed by atoms with Gasteiger partial charge in [-0.1, -0.05) is 13.3 Å². The van der Waals surface area contributed by atoms with E-state index in [-0.39, 0.29) is 10.6 Å². The lowest BCUT2D eigenvalue weighted by molar-refractivity contribution is -0.384. The lowest BCUT2D eigenvalue weighted by Gasteiger charge is -2.08. The molecule has 0 fully saturated rings. The minimum absolute atomic E-state index is 0.107. The topological polar surface area (TPSA) is 64.4 Å². The molecule has 1 rings (SSSR count). The molecule has 18 heavy (non-hydrogen) atoms. The molecule has 0 bridgehead atoms. The fourth-order valence-corrected chi connectivity index (χ4v) is 1.89. The van der Waals surface area contributed by atoms with Crippen molar-refractivity contribution < 1.29 is 9.66 Å². The molecule has 0 saturated carbocycles. The van der Waals surface area contributed by atoms with E-state index in [0.717, 1.165) is 23.0 Å². The molecular formula is C12H17IN2O3. The Balaban J connectivity index is 2.44. The third-order valence-corrected chi connectivity index (χ3v) is 3.03. The molecule has 0 atom stereocenters. The predicted molar refractivity (Wildman–Crippen MR) is 80.0 cm³/mol. The van der Waals surface area contributed by atoms with E-state index in [1.807, 2.05) is 6.07 Å². The number of unbranched alkanes of at least 4 members (excludes halogenated alkanes) is 1. The Bertz CT molecular complexity index is 399. The summed E-state index contributed by atoms with van der Waals surface area (Å²) < 4.78 is 6.24. The maximum Gasteiger partial charge on any atom is 0.293 e. The van der Waals surface area contributed by atoms with Crippen molar-refractivity contribution >= 4 is 34.0 Å². The molecule has 1 aromatic carbocycles. The Morgan fingerprint density at radius 3 is 2.89 bits per heavy atom. The molecule has 0 unspecified atom stereocenters. The average molecular weight is 364 g/mol. The van der Waals surface area contributed by atoms with E-state index in [1.54, 1.807) is 12.1 Å². The molecule has 1 N–H and O–H groups in total. The van der Waals surface area contributed by atoms with Crippen LogP contribution in [0.3, 0.4) is 0 Å². The van der Waals surface area contributed by atoms with Crippen LogP contribution in [-0.2, 0) is 4.74 Å². The van der Waals surface area contributed by atoms with Gasteiger partial charge < -0.3 is 10.1 Å². The van der Waals surface area contributed by atoms with Crippen LogP contribution in [0.25, 0.3) is 0 Å². The molecule has 0 aliphatic carbocycles. The Morgan fingerprint density at radius 2 is 2.22 bits per heavy atom. The third kappa shape index (κ3) is 5.18. The normalized spacial score (nSPS) is 10.3. The molecule has 100 valence electrons. The molecule has 5 nitrogen and oxygen atoms in total. The van der Waals surface area contributed by atoms with Gasteiger partial charge in [-0.25, -0.2) is 0 Å². The van der Waals surface area contributed by atoms with Crippen LogP contribution in [0.5, 0.6) is 0 Å². The molecule has 0 aliphatic rings. The van der Waals surface area contributed by atoms with Crippen LogP contribution in [0.2, 0.25) is 0 Å². The highest BCUT2D eigenvalue weighted by atomic mass is 127. The van der Waals surface area contributed by atoms with Crippen molar-refractivity contribution in [3.63, 3.8) is 0 Å². The summed E-state index contributed by atoms with van der Waals surface area (Å²) in [7, 11) is 0. The van der Waals surface area contributed by atoms with Gasteiger partial charge in [-0.05, 0) is 41.1 Å². The van der Waals surface area contributed by atoms with E-state index in [1.165, 1.54) is 0 Å². The van der Waals surface area contributed by atoms with E-state index >= 15 is 0 Å². The first-order valence-corrected chi connectivity index (χ1v) is 6.98. The summed E-state index contributed by atoms with van der Waals surface area (Å²) in [6, 6.07) is 5.13. The van der Waals surface area contributed by atoms with Crippen molar-refractivity contribution in [1.29, 1.82) is 0 Å². The molecule has 0 heterocycles. The highest BCUT2D eigenvalue weighted by Crippen LogP contribution is 2.25. The van der Waals surface area contributed by atoms with Crippen molar-refractivity contribution in [3.8, 4) is 0 Å². The van der Waals surface area contributed by atoms with Gasteiger partial charge >= 0.3 is 0 Å². The number of nitrogens with zero attached hydrogens (tertiary/aromatic N) is 1. The van der Waals surface area contributed by atoms with Gasteiger partial charge in [0.05, 0.1) is 11.5 Å². The number of benzene rings is 1. The summed E-state index contributed by atoms with van der Waals surface area (Å²) in [5.41, 5.74) is 0.648. The second-order valence-electron chi connectivity index (χ2n) is 3.81. The van der Waals surface area contributed by atoms with E-state index in [4.69, 9.17) is 4.74 Å². The fourth-order valence-electron chi connectivity index (χ4n) is 1.41. The van der Waals surface area contributed by atoms with Crippen molar-refractivity contribution in [1.82, 2.24) is 0 Å². The van der Waals surface area contributed by atoms with Crippen LogP contribution >= 0.6 is 22.6 Å². The number of nitrogens with one attached hydrogen (secondary N) is 1. The molecule has 0 spiro atoms. The molecule has 1 aromatic rings. The van der Waals surface area contributed by atoms with Crippen LogP contribution in [-0.4, -0.2) is 24.7 Å². The molecule has 0 saturated heterocycles. The second kappa shape index (κ2) is 8.25. The highest BCUT2D eigenvalue weighted by molar-refractivity contribution is 14.1. The largest absolute Gasteiger partial charge is 0.380 e. The van der Waals surface area contributed by atoms with Crippen molar-refractivity contribution in [2.45, 2.75) is 19.8 Å². The summed E-state index contributed by atoms with van der Waals surface area (Å²) in [6.45, 7) is 3.98. The monoisotopic (exact) mass is 364 g/mol. The van der Waals surface area contributed by atoms with Crippen molar-refractivity contribution in [2.75, 3.05) is 25.1 Å². The van der Waals surface area contributed by atoms with E-state index in [0.29, 0.717) is 18.8 Å². The predicted octanol–water partition coefficient (Wildman–Crippen LogP) is 3.43. The van der Waals surface area contributed by atoms with Gasteiger partial charge in [-0.2, -0.15) is 0 Å². The minimum atomic E-state index is -0.373. The number of hydrogen-bond donors (Lipinski definition) is 1. The quantitative estimate of drug-likeness (QED) is 0.332. The van der Waals surface area contributed by atoms with Crippen LogP contribution in [0, 0.1) is 13.7 Å². The zero-order valence-corrected chi connectivity index (χ0v) is 12.5. The molecule has 0 amide bonds. The number of rotatable bonds is 8. The number of nitro benzene ring substituents is 1. The van der Waals surface area contributed by atoms with Gasteiger partial charge in [0, 0.05) is 22.8 Å². The fraction of sp³-hybridized carbons (Fsp3) is 0.500. The second-order valence-corrected chi connectivity index (χ2v) is 5.06. The molecule has 0 aromatic heterocycles. The maximum absolute atomic E-state index is 10.9. The zero-order valence-electron chi connectivity index (χ0n) is 10.3. The first-order chi connectivity index (χ1) is 8.65. The number of ether oxygens (including phenoxy) is 1. The Labute approximate surface area is 120 Å². The van der Waals surface area contributed by atoms with Gasteiger partial charge in [0.2, 0.25) is 0 Å². The molecule has 6 heteroatoms. The summed E-state index contributed by atoms with van der Waals surface area (Å²) in [4.78, 5) is 10.5. The SMILES string of the molecule is CCCCOCCNc1ccc(I)cc1[N+](=O)[O-]. The van der Waals surface area contributed by atoms with Gasteiger partial charge in [0.25, 0.3) is 5.69 Å². The first kappa shape index (κ1) is 15.2. The van der Waals surface area contributed by atoms with E-state index < -0.39 is 0 Å². The van der Waals surface area contributed by atoms with Crippen LogP contribution in [0.15, 0.2) is 18.2 Å². The maximum atomic E-state index is 10.9. The molecular weight excluding hydrogens is 347 g/mol. The standard InChI is InChI=1S/C12H17IN2O3/c1-2-3-7-18-8-6-14-11-5-4-10(13)9-12(11)15(16)17/h4-5,9,14H,2-3,6-8H2,1H3. The van der Waals surface area contributed by atoms with E-state index in [9.17, 15) is 10.1 Å². The van der Waals surface area contributed by atoms with Gasteiger partial charge in [0.1, 0.15) is 5.69 Å².